The Labute approximate surface area is 143 Å². The number of carboxylic acids is 1. The van der Waals surface area contributed by atoms with Gasteiger partial charge in [-0.3, -0.25) is 4.79 Å². The van der Waals surface area contributed by atoms with E-state index in [2.05, 4.69) is 4.99 Å². The van der Waals surface area contributed by atoms with Gasteiger partial charge in [0.15, 0.2) is 15.0 Å². The van der Waals surface area contributed by atoms with Crippen molar-refractivity contribution < 1.29 is 23.1 Å². The van der Waals surface area contributed by atoms with Crippen molar-refractivity contribution in [2.45, 2.75) is 24.1 Å². The van der Waals surface area contributed by atoms with Crippen LogP contribution in [0.4, 0.5) is 5.69 Å². The summed E-state index contributed by atoms with van der Waals surface area (Å²) in [5, 5.41) is 10.7. The van der Waals surface area contributed by atoms with E-state index in [4.69, 9.17) is 0 Å². The Morgan fingerprint density at radius 3 is 2.58 bits per heavy atom. The number of para-hydroxylation sites is 1. The van der Waals surface area contributed by atoms with Crippen molar-refractivity contribution in [3.05, 3.63) is 30.3 Å². The van der Waals surface area contributed by atoms with Crippen LogP contribution in [0, 0.1) is 0 Å². The molecule has 9 heteroatoms. The van der Waals surface area contributed by atoms with Crippen molar-refractivity contribution in [2.75, 3.05) is 16.4 Å². The first-order valence-electron chi connectivity index (χ1n) is 7.38. The molecule has 1 aromatic carbocycles. The van der Waals surface area contributed by atoms with Gasteiger partial charge < -0.3 is 14.8 Å². The number of nitrogens with zero attached hydrogens (tertiary/aromatic N) is 2. The number of carbonyl (C=O) groups excluding carboxylic acids is 2. The smallest absolute Gasteiger partial charge is 0.248 e. The van der Waals surface area contributed by atoms with Crippen molar-refractivity contribution in [1.29, 1.82) is 0 Å². The van der Waals surface area contributed by atoms with Crippen LogP contribution in [0.3, 0.4) is 0 Å². The zero-order valence-corrected chi connectivity index (χ0v) is 14.3. The summed E-state index contributed by atoms with van der Waals surface area (Å²) < 4.78 is 23.8. The molecule has 1 amide bonds. The Bertz CT molecular complexity index is 791. The Balaban J connectivity index is 1.89. The number of aliphatic carboxylic acids is 1. The fourth-order valence-corrected chi connectivity index (χ4v) is 6.76. The molecule has 2 fully saturated rings. The van der Waals surface area contributed by atoms with Crippen LogP contribution in [-0.4, -0.2) is 48.3 Å². The van der Waals surface area contributed by atoms with E-state index >= 15 is 0 Å². The Hall–Kier alpha value is -1.87. The summed E-state index contributed by atoms with van der Waals surface area (Å²) in [6.07, 6.45) is -0.616. The monoisotopic (exact) mass is 367 g/mol. The summed E-state index contributed by atoms with van der Waals surface area (Å²) in [5.74, 6) is -1.78. The number of carboxylic acid groups (broad SMARTS) is 1. The second-order valence-electron chi connectivity index (χ2n) is 5.67. The number of anilines is 1. The normalized spacial score (nSPS) is 26.5. The SMILES string of the molecule is O=C([O-])CCC(=O)N=C1S[C@H]2CS(=O)(=O)C[C@@H]2N1c1ccccc1. The van der Waals surface area contributed by atoms with Crippen LogP contribution in [0.25, 0.3) is 0 Å². The first-order chi connectivity index (χ1) is 11.4. The number of thioether (sulfide) groups is 1. The summed E-state index contributed by atoms with van der Waals surface area (Å²) in [5.41, 5.74) is 0.765. The number of amidine groups is 1. The zero-order valence-electron chi connectivity index (χ0n) is 12.6. The van der Waals surface area contributed by atoms with E-state index in [1.807, 2.05) is 30.3 Å². The summed E-state index contributed by atoms with van der Waals surface area (Å²) in [4.78, 5) is 28.1. The molecule has 1 aromatic rings. The Kier molecular flexibility index (Phi) is 4.64. The van der Waals surface area contributed by atoms with Crippen LogP contribution >= 0.6 is 11.8 Å². The number of fused-ring (bicyclic) bond motifs is 1. The molecule has 0 unspecified atom stereocenters. The minimum absolute atomic E-state index is 0.0197. The van der Waals surface area contributed by atoms with Crippen LogP contribution in [0.15, 0.2) is 35.3 Å². The van der Waals surface area contributed by atoms with Gasteiger partial charge in [0.1, 0.15) is 0 Å². The van der Waals surface area contributed by atoms with Crippen LogP contribution < -0.4 is 10.0 Å². The largest absolute Gasteiger partial charge is 0.550 e. The van der Waals surface area contributed by atoms with Gasteiger partial charge in [-0.15, -0.1) is 0 Å². The number of sulfone groups is 1. The van der Waals surface area contributed by atoms with Gasteiger partial charge in [-0.05, 0) is 18.6 Å². The minimum atomic E-state index is -3.11. The fraction of sp³-hybridized carbons (Fsp3) is 0.400. The number of carbonyl (C=O) groups is 2. The lowest BCUT2D eigenvalue weighted by Gasteiger charge is -2.24. The summed E-state index contributed by atoms with van der Waals surface area (Å²) in [7, 11) is -3.11. The Morgan fingerprint density at radius 1 is 1.21 bits per heavy atom. The summed E-state index contributed by atoms with van der Waals surface area (Å²) in [6.45, 7) is 0. The predicted octanol–water partition coefficient (Wildman–Crippen LogP) is -0.182. The van der Waals surface area contributed by atoms with E-state index in [0.29, 0.717) is 5.17 Å². The molecule has 0 N–H and O–H groups in total. The maximum Gasteiger partial charge on any atom is 0.248 e. The van der Waals surface area contributed by atoms with Gasteiger partial charge in [0.2, 0.25) is 5.91 Å². The van der Waals surface area contributed by atoms with E-state index in [9.17, 15) is 23.1 Å². The number of aliphatic imine (C=N–C) groups is 1. The maximum absolute atomic E-state index is 11.9. The lowest BCUT2D eigenvalue weighted by molar-refractivity contribution is -0.305. The summed E-state index contributed by atoms with van der Waals surface area (Å²) >= 11 is 1.26. The highest BCUT2D eigenvalue weighted by molar-refractivity contribution is 8.16. The van der Waals surface area contributed by atoms with Crippen LogP contribution in [0.1, 0.15) is 12.8 Å². The predicted molar refractivity (Wildman–Crippen MR) is 89.4 cm³/mol. The van der Waals surface area contributed by atoms with Crippen LogP contribution in [0.2, 0.25) is 0 Å². The second-order valence-corrected chi connectivity index (χ2v) is 9.03. The molecule has 0 bridgehead atoms. The van der Waals surface area contributed by atoms with Gasteiger partial charge in [0.25, 0.3) is 0 Å². The van der Waals surface area contributed by atoms with Gasteiger partial charge in [-0.25, -0.2) is 8.42 Å². The molecular formula is C15H15N2O5S2-. The lowest BCUT2D eigenvalue weighted by Crippen LogP contribution is -2.37. The highest BCUT2D eigenvalue weighted by Crippen LogP contribution is 2.40. The van der Waals surface area contributed by atoms with Crippen molar-refractivity contribution in [3.8, 4) is 0 Å². The molecule has 3 rings (SSSR count). The standard InChI is InChI=1S/C15H16N2O5S2/c18-13(6-7-14(19)20)16-15-17(10-4-2-1-3-5-10)11-8-24(21,22)9-12(11)23-15/h1-5,11-12H,6-9H2,(H,19,20)/p-1/t11-,12-/m0/s1. The third-order valence-electron chi connectivity index (χ3n) is 3.86. The molecule has 0 aliphatic carbocycles. The molecule has 24 heavy (non-hydrogen) atoms. The quantitative estimate of drug-likeness (QED) is 0.726. The molecule has 0 saturated carbocycles. The molecule has 7 nitrogen and oxygen atoms in total. The van der Waals surface area contributed by atoms with E-state index in [0.717, 1.165) is 5.69 Å². The molecular weight excluding hydrogens is 352 g/mol. The van der Waals surface area contributed by atoms with Crippen molar-refractivity contribution in [2.24, 2.45) is 4.99 Å². The van der Waals surface area contributed by atoms with E-state index in [1.54, 1.807) is 4.90 Å². The van der Waals surface area contributed by atoms with Crippen molar-refractivity contribution >= 4 is 44.3 Å². The minimum Gasteiger partial charge on any atom is -0.550 e. The highest BCUT2D eigenvalue weighted by Gasteiger charge is 2.49. The van der Waals surface area contributed by atoms with Gasteiger partial charge >= 0.3 is 0 Å². The fourth-order valence-electron chi connectivity index (χ4n) is 2.83. The Morgan fingerprint density at radius 2 is 1.92 bits per heavy atom. The highest BCUT2D eigenvalue weighted by atomic mass is 32.2. The number of amides is 1. The number of hydrogen-bond donors (Lipinski definition) is 0. The summed E-state index contributed by atoms with van der Waals surface area (Å²) in [6, 6.07) is 8.88. The second kappa shape index (κ2) is 6.56. The number of rotatable bonds is 4. The molecule has 0 aromatic heterocycles. The van der Waals surface area contributed by atoms with Gasteiger partial charge in [0, 0.05) is 23.3 Å². The topological polar surface area (TPSA) is 107 Å². The van der Waals surface area contributed by atoms with E-state index in [1.165, 1.54) is 11.8 Å². The van der Waals surface area contributed by atoms with E-state index in [-0.39, 0.29) is 35.6 Å². The zero-order chi connectivity index (χ0) is 17.3. The number of hydrogen-bond acceptors (Lipinski definition) is 6. The molecule has 128 valence electrons. The molecule has 2 aliphatic rings. The first-order valence-corrected chi connectivity index (χ1v) is 10.1. The molecule has 2 heterocycles. The average molecular weight is 367 g/mol. The van der Waals surface area contributed by atoms with Crippen LogP contribution in [0.5, 0.6) is 0 Å². The molecule has 2 atom stereocenters. The van der Waals surface area contributed by atoms with Gasteiger partial charge in [0.05, 0.1) is 17.5 Å². The van der Waals surface area contributed by atoms with Crippen molar-refractivity contribution in [3.63, 3.8) is 0 Å². The van der Waals surface area contributed by atoms with Crippen molar-refractivity contribution in [1.82, 2.24) is 0 Å². The third kappa shape index (κ3) is 3.62. The lowest BCUT2D eigenvalue weighted by atomic mass is 10.2. The molecule has 2 aliphatic heterocycles. The van der Waals surface area contributed by atoms with Gasteiger partial charge in [-0.2, -0.15) is 4.99 Å². The molecule has 0 radical (unpaired) electrons. The molecule has 0 spiro atoms. The maximum atomic E-state index is 11.9. The average Bonchev–Trinajstić information content (AvgIpc) is 2.97. The van der Waals surface area contributed by atoms with Gasteiger partial charge in [-0.1, -0.05) is 30.0 Å². The van der Waals surface area contributed by atoms with Crippen LogP contribution in [-0.2, 0) is 19.4 Å². The number of benzene rings is 1. The molecule has 2 saturated heterocycles. The first kappa shape index (κ1) is 17.0. The third-order valence-corrected chi connectivity index (χ3v) is 7.07. The van der Waals surface area contributed by atoms with E-state index < -0.39 is 21.7 Å².